The quantitative estimate of drug-likeness (QED) is 0.921. The summed E-state index contributed by atoms with van der Waals surface area (Å²) in [4.78, 5) is 14.3. The smallest absolute Gasteiger partial charge is 0.223 e. The highest BCUT2D eigenvalue weighted by Crippen LogP contribution is 2.32. The van der Waals surface area contributed by atoms with Crippen molar-refractivity contribution in [1.82, 2.24) is 4.90 Å². The number of carbonyl (C=O) groups excluding carboxylic acids is 1. The van der Waals surface area contributed by atoms with Crippen LogP contribution < -0.4 is 5.73 Å². The summed E-state index contributed by atoms with van der Waals surface area (Å²) in [6.07, 6.45) is 1.36. The summed E-state index contributed by atoms with van der Waals surface area (Å²) in [5.74, 6) is 0.696. The van der Waals surface area contributed by atoms with Gasteiger partial charge in [0, 0.05) is 19.0 Å². The van der Waals surface area contributed by atoms with Crippen molar-refractivity contribution in [2.45, 2.75) is 52.6 Å². The largest absolute Gasteiger partial charge is 0.334 e. The summed E-state index contributed by atoms with van der Waals surface area (Å²) in [6.45, 7) is 9.29. The SMILES string of the molecule is Cc1ccc(C2C(N)CCC(=O)N2CC(C)C)cc1C. The molecule has 0 aromatic heterocycles. The van der Waals surface area contributed by atoms with E-state index in [1.54, 1.807) is 0 Å². The highest BCUT2D eigenvalue weighted by molar-refractivity contribution is 5.78. The Morgan fingerprint density at radius 2 is 2.00 bits per heavy atom. The van der Waals surface area contributed by atoms with Crippen molar-refractivity contribution in [3.05, 3.63) is 34.9 Å². The molecule has 0 aliphatic carbocycles. The number of nitrogens with two attached hydrogens (primary N) is 1. The highest BCUT2D eigenvalue weighted by Gasteiger charge is 2.35. The monoisotopic (exact) mass is 274 g/mol. The van der Waals surface area contributed by atoms with Crippen LogP contribution in [0.1, 0.15) is 49.4 Å². The Kier molecular flexibility index (Phi) is 4.48. The number of nitrogens with zero attached hydrogens (tertiary/aromatic N) is 1. The lowest BCUT2D eigenvalue weighted by Crippen LogP contribution is -2.50. The molecular weight excluding hydrogens is 248 g/mol. The first-order valence-corrected chi connectivity index (χ1v) is 7.52. The zero-order chi connectivity index (χ0) is 14.9. The average Bonchev–Trinajstić information content (AvgIpc) is 2.37. The number of hydrogen-bond donors (Lipinski definition) is 1. The summed E-state index contributed by atoms with van der Waals surface area (Å²) in [6, 6.07) is 6.50. The second-order valence-corrected chi connectivity index (χ2v) is 6.43. The van der Waals surface area contributed by atoms with Crippen molar-refractivity contribution in [3.8, 4) is 0 Å². The Morgan fingerprint density at radius 1 is 1.30 bits per heavy atom. The Bertz CT molecular complexity index is 496. The standard InChI is InChI=1S/C17H26N2O/c1-11(2)10-19-16(20)8-7-15(18)17(19)14-6-5-12(3)13(4)9-14/h5-6,9,11,15,17H,7-8,10,18H2,1-4H3. The zero-order valence-corrected chi connectivity index (χ0v) is 13.0. The molecule has 1 aliphatic heterocycles. The maximum atomic E-state index is 12.3. The number of piperidine rings is 1. The summed E-state index contributed by atoms with van der Waals surface area (Å²) in [5.41, 5.74) is 10.0. The second-order valence-electron chi connectivity index (χ2n) is 6.43. The lowest BCUT2D eigenvalue weighted by Gasteiger charge is -2.41. The van der Waals surface area contributed by atoms with Crippen LogP contribution in [0.3, 0.4) is 0 Å². The van der Waals surface area contributed by atoms with E-state index in [2.05, 4.69) is 45.9 Å². The lowest BCUT2D eigenvalue weighted by atomic mass is 9.88. The first-order valence-electron chi connectivity index (χ1n) is 7.52. The van der Waals surface area contributed by atoms with Gasteiger partial charge in [0.05, 0.1) is 6.04 Å². The summed E-state index contributed by atoms with van der Waals surface area (Å²) in [7, 11) is 0. The molecule has 110 valence electrons. The van der Waals surface area contributed by atoms with Crippen LogP contribution in [0.2, 0.25) is 0 Å². The summed E-state index contributed by atoms with van der Waals surface area (Å²) < 4.78 is 0. The number of aryl methyl sites for hydroxylation is 2. The van der Waals surface area contributed by atoms with Crippen molar-refractivity contribution < 1.29 is 4.79 Å². The Morgan fingerprint density at radius 3 is 2.60 bits per heavy atom. The predicted molar refractivity (Wildman–Crippen MR) is 82.4 cm³/mol. The van der Waals surface area contributed by atoms with Gasteiger partial charge in [0.15, 0.2) is 0 Å². The Labute approximate surface area is 122 Å². The minimum Gasteiger partial charge on any atom is -0.334 e. The minimum absolute atomic E-state index is 0.0259. The number of benzene rings is 1. The Hall–Kier alpha value is -1.35. The number of hydrogen-bond acceptors (Lipinski definition) is 2. The molecule has 0 spiro atoms. The van der Waals surface area contributed by atoms with Crippen LogP contribution in [0.15, 0.2) is 18.2 Å². The summed E-state index contributed by atoms with van der Waals surface area (Å²) in [5, 5.41) is 0. The third-order valence-electron chi connectivity index (χ3n) is 4.19. The first kappa shape index (κ1) is 15.0. The molecule has 0 bridgehead atoms. The Balaban J connectivity index is 2.36. The first-order chi connectivity index (χ1) is 9.40. The molecule has 3 nitrogen and oxygen atoms in total. The molecule has 1 saturated heterocycles. The van der Waals surface area contributed by atoms with Crippen molar-refractivity contribution >= 4 is 5.91 Å². The fraction of sp³-hybridized carbons (Fsp3) is 0.588. The molecule has 2 unspecified atom stereocenters. The normalized spacial score (nSPS) is 23.5. The number of carbonyl (C=O) groups is 1. The molecule has 0 saturated carbocycles. The fourth-order valence-corrected chi connectivity index (χ4v) is 2.96. The molecule has 1 heterocycles. The zero-order valence-electron chi connectivity index (χ0n) is 13.0. The van der Waals surface area contributed by atoms with Gasteiger partial charge in [-0.25, -0.2) is 0 Å². The molecule has 2 atom stereocenters. The third-order valence-corrected chi connectivity index (χ3v) is 4.19. The van der Waals surface area contributed by atoms with Gasteiger partial charge in [-0.1, -0.05) is 32.0 Å². The minimum atomic E-state index is 0.0259. The number of amides is 1. The topological polar surface area (TPSA) is 46.3 Å². The molecule has 1 aromatic rings. The van der Waals surface area contributed by atoms with Gasteiger partial charge in [-0.3, -0.25) is 4.79 Å². The van der Waals surface area contributed by atoms with Gasteiger partial charge < -0.3 is 10.6 Å². The van der Waals surface area contributed by atoms with Crippen molar-refractivity contribution in [1.29, 1.82) is 0 Å². The van der Waals surface area contributed by atoms with Gasteiger partial charge >= 0.3 is 0 Å². The maximum Gasteiger partial charge on any atom is 0.223 e. The van der Waals surface area contributed by atoms with Crippen molar-refractivity contribution in [3.63, 3.8) is 0 Å². The van der Waals surface area contributed by atoms with Crippen LogP contribution in [-0.2, 0) is 4.79 Å². The molecule has 2 N–H and O–H groups in total. The van der Waals surface area contributed by atoms with Gasteiger partial charge in [-0.15, -0.1) is 0 Å². The molecule has 1 amide bonds. The van der Waals surface area contributed by atoms with E-state index in [1.165, 1.54) is 16.7 Å². The third kappa shape index (κ3) is 3.04. The van der Waals surface area contributed by atoms with E-state index < -0.39 is 0 Å². The van der Waals surface area contributed by atoms with Crippen molar-refractivity contribution in [2.75, 3.05) is 6.54 Å². The molecule has 2 rings (SSSR count). The average molecular weight is 274 g/mol. The van der Waals surface area contributed by atoms with Crippen LogP contribution in [-0.4, -0.2) is 23.4 Å². The second kappa shape index (κ2) is 5.96. The van der Waals surface area contributed by atoms with E-state index in [4.69, 9.17) is 5.73 Å². The van der Waals surface area contributed by atoms with Gasteiger partial charge in [-0.05, 0) is 42.9 Å². The molecular formula is C17H26N2O. The van der Waals surface area contributed by atoms with Gasteiger partial charge in [0.1, 0.15) is 0 Å². The van der Waals surface area contributed by atoms with E-state index in [1.807, 2.05) is 4.90 Å². The highest BCUT2D eigenvalue weighted by atomic mass is 16.2. The lowest BCUT2D eigenvalue weighted by molar-refractivity contribution is -0.138. The molecule has 1 aromatic carbocycles. The number of likely N-dealkylation sites (tertiary alicyclic amines) is 1. The molecule has 3 heteroatoms. The molecule has 0 radical (unpaired) electrons. The maximum absolute atomic E-state index is 12.3. The molecule has 1 aliphatic rings. The van der Waals surface area contributed by atoms with Crippen LogP contribution in [0.5, 0.6) is 0 Å². The van der Waals surface area contributed by atoms with E-state index >= 15 is 0 Å². The van der Waals surface area contributed by atoms with Crippen molar-refractivity contribution in [2.24, 2.45) is 11.7 Å². The van der Waals surface area contributed by atoms with Gasteiger partial charge in [0.2, 0.25) is 5.91 Å². The van der Waals surface area contributed by atoms with Crippen LogP contribution in [0.4, 0.5) is 0 Å². The fourth-order valence-electron chi connectivity index (χ4n) is 2.96. The predicted octanol–water partition coefficient (Wildman–Crippen LogP) is 2.95. The van der Waals surface area contributed by atoms with Crippen LogP contribution in [0.25, 0.3) is 0 Å². The van der Waals surface area contributed by atoms with Crippen LogP contribution in [0, 0.1) is 19.8 Å². The molecule has 1 fully saturated rings. The van der Waals surface area contributed by atoms with Gasteiger partial charge in [-0.2, -0.15) is 0 Å². The van der Waals surface area contributed by atoms with Gasteiger partial charge in [0.25, 0.3) is 0 Å². The number of rotatable bonds is 3. The van der Waals surface area contributed by atoms with E-state index in [9.17, 15) is 4.79 Å². The van der Waals surface area contributed by atoms with E-state index in [0.29, 0.717) is 12.3 Å². The van der Waals surface area contributed by atoms with Crippen LogP contribution >= 0.6 is 0 Å². The van der Waals surface area contributed by atoms with E-state index in [0.717, 1.165) is 13.0 Å². The molecule has 20 heavy (non-hydrogen) atoms. The van der Waals surface area contributed by atoms with E-state index in [-0.39, 0.29) is 18.0 Å². The summed E-state index contributed by atoms with van der Waals surface area (Å²) >= 11 is 0.